The van der Waals surface area contributed by atoms with Crippen LogP contribution in [-0.4, -0.2) is 6.29 Å². The van der Waals surface area contributed by atoms with E-state index in [1.807, 2.05) is 36.4 Å². The molecule has 0 saturated carbocycles. The van der Waals surface area contributed by atoms with Crippen molar-refractivity contribution in [3.63, 3.8) is 0 Å². The van der Waals surface area contributed by atoms with Crippen LogP contribution in [0.4, 0.5) is 0 Å². The van der Waals surface area contributed by atoms with E-state index in [1.165, 1.54) is 0 Å². The van der Waals surface area contributed by atoms with E-state index in [0.29, 0.717) is 12.7 Å². The number of nitriles is 1. The van der Waals surface area contributed by atoms with Crippen molar-refractivity contribution < 1.29 is 4.79 Å². The van der Waals surface area contributed by atoms with Gasteiger partial charge in [-0.15, -0.1) is 0 Å². The molecule has 0 bridgehead atoms. The SMILES string of the molecule is N#CC(C=O)Cc1ccccc1. The largest absolute Gasteiger partial charge is 0.302 e. The second-order valence-electron chi connectivity index (χ2n) is 2.56. The third-order valence-electron chi connectivity index (χ3n) is 1.63. The van der Waals surface area contributed by atoms with Gasteiger partial charge in [0, 0.05) is 0 Å². The fourth-order valence-corrected chi connectivity index (χ4v) is 0.992. The predicted octanol–water partition coefficient (Wildman–Crippen LogP) is 1.57. The smallest absolute Gasteiger partial charge is 0.137 e. The van der Waals surface area contributed by atoms with Gasteiger partial charge in [0.1, 0.15) is 12.2 Å². The van der Waals surface area contributed by atoms with Crippen LogP contribution in [0.1, 0.15) is 5.56 Å². The van der Waals surface area contributed by atoms with E-state index in [2.05, 4.69) is 0 Å². The lowest BCUT2D eigenvalue weighted by Gasteiger charge is -1.99. The molecule has 1 rings (SSSR count). The summed E-state index contributed by atoms with van der Waals surface area (Å²) in [5.74, 6) is -0.507. The molecule has 0 aliphatic rings. The van der Waals surface area contributed by atoms with Crippen LogP contribution in [0, 0.1) is 17.2 Å². The Labute approximate surface area is 71.4 Å². The number of benzene rings is 1. The quantitative estimate of drug-likeness (QED) is 0.628. The van der Waals surface area contributed by atoms with E-state index in [4.69, 9.17) is 5.26 Å². The molecule has 1 unspecified atom stereocenters. The van der Waals surface area contributed by atoms with Crippen LogP contribution in [0.5, 0.6) is 0 Å². The van der Waals surface area contributed by atoms with Gasteiger partial charge in [-0.3, -0.25) is 0 Å². The van der Waals surface area contributed by atoms with Crippen molar-refractivity contribution in [2.75, 3.05) is 0 Å². The van der Waals surface area contributed by atoms with Crippen molar-refractivity contribution in [3.05, 3.63) is 35.9 Å². The molecular weight excluding hydrogens is 150 g/mol. The van der Waals surface area contributed by atoms with Gasteiger partial charge in [0.25, 0.3) is 0 Å². The third kappa shape index (κ3) is 2.21. The molecule has 0 aliphatic carbocycles. The normalized spacial score (nSPS) is 11.6. The Morgan fingerprint density at radius 2 is 2.08 bits per heavy atom. The van der Waals surface area contributed by atoms with Gasteiger partial charge in [0.15, 0.2) is 0 Å². The van der Waals surface area contributed by atoms with Gasteiger partial charge in [-0.2, -0.15) is 5.26 Å². The molecule has 2 heteroatoms. The van der Waals surface area contributed by atoms with Crippen LogP contribution in [0.3, 0.4) is 0 Å². The zero-order valence-corrected chi connectivity index (χ0v) is 6.60. The molecular formula is C10H9NO. The van der Waals surface area contributed by atoms with Crippen molar-refractivity contribution in [1.29, 1.82) is 5.26 Å². The summed E-state index contributed by atoms with van der Waals surface area (Å²) < 4.78 is 0. The zero-order chi connectivity index (χ0) is 8.81. The Morgan fingerprint density at radius 1 is 1.42 bits per heavy atom. The van der Waals surface area contributed by atoms with Gasteiger partial charge in [-0.25, -0.2) is 0 Å². The number of hydrogen-bond donors (Lipinski definition) is 0. The Balaban J connectivity index is 2.64. The summed E-state index contributed by atoms with van der Waals surface area (Å²) in [4.78, 5) is 10.3. The Morgan fingerprint density at radius 3 is 2.58 bits per heavy atom. The first-order chi connectivity index (χ1) is 5.86. The molecule has 1 aromatic rings. The van der Waals surface area contributed by atoms with Gasteiger partial charge in [0.2, 0.25) is 0 Å². The highest BCUT2D eigenvalue weighted by atomic mass is 16.1. The predicted molar refractivity (Wildman–Crippen MR) is 45.3 cm³/mol. The second-order valence-corrected chi connectivity index (χ2v) is 2.56. The maximum absolute atomic E-state index is 10.3. The Bertz CT molecular complexity index is 286. The highest BCUT2D eigenvalue weighted by molar-refractivity contribution is 5.58. The first kappa shape index (κ1) is 8.48. The average Bonchev–Trinajstić information content (AvgIpc) is 2.16. The van der Waals surface area contributed by atoms with E-state index >= 15 is 0 Å². The van der Waals surface area contributed by atoms with Crippen molar-refractivity contribution in [1.82, 2.24) is 0 Å². The summed E-state index contributed by atoms with van der Waals surface area (Å²) in [6.45, 7) is 0. The highest BCUT2D eigenvalue weighted by Crippen LogP contribution is 2.05. The first-order valence-electron chi connectivity index (χ1n) is 3.75. The van der Waals surface area contributed by atoms with E-state index in [-0.39, 0.29) is 0 Å². The van der Waals surface area contributed by atoms with Crippen LogP contribution in [0.15, 0.2) is 30.3 Å². The van der Waals surface area contributed by atoms with E-state index in [0.717, 1.165) is 5.56 Å². The van der Waals surface area contributed by atoms with Gasteiger partial charge in [0.05, 0.1) is 6.07 Å². The highest BCUT2D eigenvalue weighted by Gasteiger charge is 2.05. The Hall–Kier alpha value is -1.62. The molecule has 2 nitrogen and oxygen atoms in total. The molecule has 0 saturated heterocycles. The van der Waals surface area contributed by atoms with Crippen LogP contribution < -0.4 is 0 Å². The fraction of sp³-hybridized carbons (Fsp3) is 0.200. The molecule has 12 heavy (non-hydrogen) atoms. The summed E-state index contributed by atoms with van der Waals surface area (Å²) in [6, 6.07) is 11.5. The second kappa shape index (κ2) is 4.30. The minimum absolute atomic E-state index is 0.507. The molecule has 0 aliphatic heterocycles. The molecule has 0 heterocycles. The van der Waals surface area contributed by atoms with Crippen LogP contribution in [-0.2, 0) is 11.2 Å². The topological polar surface area (TPSA) is 40.9 Å². The summed E-state index contributed by atoms with van der Waals surface area (Å²) >= 11 is 0. The zero-order valence-electron chi connectivity index (χ0n) is 6.60. The van der Waals surface area contributed by atoms with Crippen molar-refractivity contribution in [2.45, 2.75) is 6.42 Å². The van der Waals surface area contributed by atoms with Crippen molar-refractivity contribution in [2.24, 2.45) is 5.92 Å². The first-order valence-corrected chi connectivity index (χ1v) is 3.75. The van der Waals surface area contributed by atoms with Crippen molar-refractivity contribution in [3.8, 4) is 6.07 Å². The summed E-state index contributed by atoms with van der Waals surface area (Å²) in [6.07, 6.45) is 1.20. The fourth-order valence-electron chi connectivity index (χ4n) is 0.992. The molecule has 0 amide bonds. The molecule has 1 aromatic carbocycles. The number of rotatable bonds is 3. The number of nitrogens with zero attached hydrogens (tertiary/aromatic N) is 1. The van der Waals surface area contributed by atoms with Crippen LogP contribution in [0.25, 0.3) is 0 Å². The number of hydrogen-bond acceptors (Lipinski definition) is 2. The van der Waals surface area contributed by atoms with Gasteiger partial charge in [-0.1, -0.05) is 30.3 Å². The van der Waals surface area contributed by atoms with Crippen LogP contribution >= 0.6 is 0 Å². The summed E-state index contributed by atoms with van der Waals surface area (Å²) in [7, 11) is 0. The van der Waals surface area contributed by atoms with E-state index in [9.17, 15) is 4.79 Å². The lowest BCUT2D eigenvalue weighted by atomic mass is 10.0. The third-order valence-corrected chi connectivity index (χ3v) is 1.63. The van der Waals surface area contributed by atoms with Gasteiger partial charge in [-0.05, 0) is 12.0 Å². The number of carbonyl (C=O) groups excluding carboxylic acids is 1. The molecule has 0 aromatic heterocycles. The molecule has 0 spiro atoms. The molecule has 60 valence electrons. The van der Waals surface area contributed by atoms with Gasteiger partial charge >= 0.3 is 0 Å². The lowest BCUT2D eigenvalue weighted by Crippen LogP contribution is -2.02. The van der Waals surface area contributed by atoms with E-state index in [1.54, 1.807) is 0 Å². The molecule has 0 fully saturated rings. The standard InChI is InChI=1S/C10H9NO/c11-7-10(8-12)6-9-4-2-1-3-5-9/h1-5,8,10H,6H2. The van der Waals surface area contributed by atoms with Crippen molar-refractivity contribution >= 4 is 6.29 Å². The average molecular weight is 159 g/mol. The summed E-state index contributed by atoms with van der Waals surface area (Å²) in [5.41, 5.74) is 1.02. The maximum Gasteiger partial charge on any atom is 0.137 e. The Kier molecular flexibility index (Phi) is 3.04. The minimum Gasteiger partial charge on any atom is -0.302 e. The number of carbonyl (C=O) groups is 1. The molecule has 1 atom stereocenters. The summed E-state index contributed by atoms with van der Waals surface area (Å²) in [5, 5.41) is 8.51. The number of aldehydes is 1. The van der Waals surface area contributed by atoms with E-state index < -0.39 is 5.92 Å². The molecule has 0 N–H and O–H groups in total. The molecule has 0 radical (unpaired) electrons. The monoisotopic (exact) mass is 159 g/mol. The van der Waals surface area contributed by atoms with Crippen LogP contribution in [0.2, 0.25) is 0 Å². The van der Waals surface area contributed by atoms with Gasteiger partial charge < -0.3 is 4.79 Å². The lowest BCUT2D eigenvalue weighted by molar-refractivity contribution is -0.109. The minimum atomic E-state index is -0.507. The maximum atomic E-state index is 10.3.